The van der Waals surface area contributed by atoms with Crippen LogP contribution in [0.2, 0.25) is 0 Å². The number of hydrogen-bond donors (Lipinski definition) is 5. The Hall–Kier alpha value is -1.97. The topological polar surface area (TPSA) is 134 Å². The normalized spacial score (nSPS) is 19.2. The number of nitrogens with zero attached hydrogens (tertiary/aromatic N) is 3. The molecule has 10 heteroatoms. The minimum absolute atomic E-state index is 0.155. The number of benzene rings is 2. The number of hydrogen-bond acceptors (Lipinski definition) is 7. The number of rotatable bonds is 10. The average Bonchev–Trinajstić information content (AvgIpc) is 2.87. The summed E-state index contributed by atoms with van der Waals surface area (Å²) >= 11 is 0. The van der Waals surface area contributed by atoms with Crippen molar-refractivity contribution in [2.45, 2.75) is 38.4 Å². The molecule has 1 aliphatic heterocycles. The summed E-state index contributed by atoms with van der Waals surface area (Å²) in [6.07, 6.45) is 2.51. The molecule has 0 spiro atoms. The molecular formula is C25H39N4O5P. The summed E-state index contributed by atoms with van der Waals surface area (Å²) < 4.78 is 11.8. The zero-order chi connectivity index (χ0) is 25.3. The Morgan fingerprint density at radius 2 is 1.40 bits per heavy atom. The maximum atomic E-state index is 11.8. The van der Waals surface area contributed by atoms with Crippen LogP contribution >= 0.6 is 7.60 Å². The third kappa shape index (κ3) is 9.20. The van der Waals surface area contributed by atoms with Gasteiger partial charge < -0.3 is 25.7 Å². The van der Waals surface area contributed by atoms with Crippen LogP contribution in [0.25, 0.3) is 0 Å². The minimum atomic E-state index is -4.21. The van der Waals surface area contributed by atoms with Gasteiger partial charge in [0.05, 0.1) is 0 Å². The Kier molecular flexibility index (Phi) is 10.5. The number of para-hydroxylation sites is 2. The third-order valence-electron chi connectivity index (χ3n) is 6.55. The van der Waals surface area contributed by atoms with Crippen molar-refractivity contribution in [1.82, 2.24) is 14.7 Å². The fourth-order valence-corrected chi connectivity index (χ4v) is 5.46. The van der Waals surface area contributed by atoms with E-state index in [0.717, 1.165) is 36.9 Å². The zero-order valence-corrected chi connectivity index (χ0v) is 21.1. The highest BCUT2D eigenvalue weighted by molar-refractivity contribution is 7.51. The van der Waals surface area contributed by atoms with E-state index in [1.165, 1.54) is 0 Å². The van der Waals surface area contributed by atoms with Crippen LogP contribution < -0.4 is 5.73 Å². The molecule has 1 unspecified atom stereocenters. The summed E-state index contributed by atoms with van der Waals surface area (Å²) in [6, 6.07) is 14.7. The molecule has 2 aromatic carbocycles. The highest BCUT2D eigenvalue weighted by atomic mass is 31.2. The fraction of sp³-hybridized carbons (Fsp3) is 0.520. The molecule has 6 N–H and O–H groups in total. The number of aromatic hydroxyl groups is 2. The molecule has 0 aliphatic carbocycles. The second-order valence-corrected chi connectivity index (χ2v) is 10.9. The third-order valence-corrected chi connectivity index (χ3v) is 7.32. The lowest BCUT2D eigenvalue weighted by molar-refractivity contribution is 0.127. The number of unbranched alkanes of at least 4 members (excludes halogenated alkanes) is 1. The Morgan fingerprint density at radius 3 is 2.00 bits per heavy atom. The Labute approximate surface area is 207 Å². The van der Waals surface area contributed by atoms with Crippen molar-refractivity contribution in [2.24, 2.45) is 5.73 Å². The summed E-state index contributed by atoms with van der Waals surface area (Å²) in [6.45, 7) is 4.69. The molecule has 1 aliphatic rings. The fourth-order valence-electron chi connectivity index (χ4n) is 4.65. The number of phenols is 2. The molecule has 0 aromatic heterocycles. The van der Waals surface area contributed by atoms with E-state index in [1.807, 2.05) is 29.2 Å². The van der Waals surface area contributed by atoms with Crippen LogP contribution in [0.4, 0.5) is 0 Å². The molecule has 1 fully saturated rings. The van der Waals surface area contributed by atoms with Crippen LogP contribution in [-0.2, 0) is 17.7 Å². The lowest BCUT2D eigenvalue weighted by Crippen LogP contribution is -2.44. The van der Waals surface area contributed by atoms with Crippen LogP contribution in [0.5, 0.6) is 11.5 Å². The molecule has 0 radical (unpaired) electrons. The quantitative estimate of drug-likeness (QED) is 0.243. The van der Waals surface area contributed by atoms with E-state index in [0.29, 0.717) is 45.8 Å². The van der Waals surface area contributed by atoms with Gasteiger partial charge in [0.1, 0.15) is 17.8 Å². The summed E-state index contributed by atoms with van der Waals surface area (Å²) in [5.74, 6) is 0.483. The van der Waals surface area contributed by atoms with E-state index < -0.39 is 7.60 Å². The second kappa shape index (κ2) is 13.4. The maximum Gasteiger partial charge on any atom is 0.339 e. The van der Waals surface area contributed by atoms with Gasteiger partial charge in [-0.2, -0.15) is 0 Å². The van der Waals surface area contributed by atoms with Gasteiger partial charge in [0.2, 0.25) is 0 Å². The van der Waals surface area contributed by atoms with E-state index in [2.05, 4.69) is 9.80 Å². The van der Waals surface area contributed by atoms with Crippen molar-refractivity contribution in [3.05, 3.63) is 59.7 Å². The van der Waals surface area contributed by atoms with Crippen molar-refractivity contribution < 1.29 is 24.6 Å². The molecule has 194 valence electrons. The van der Waals surface area contributed by atoms with Gasteiger partial charge in [0.25, 0.3) is 0 Å². The Bertz CT molecular complexity index is 972. The van der Waals surface area contributed by atoms with Crippen LogP contribution in [0.3, 0.4) is 0 Å². The standard InChI is InChI=1S/C25H39N4O5P/c26-12-6-5-9-23-19-28(17-21-7-1-3-10-24(21)30)14-13-27(20-35(32,33)34)15-16-29(23)18-22-8-2-4-11-25(22)31/h1-4,7-8,10-11,23,30-31H,5-6,9,12-20,26H2,(H2,32,33,34). The molecule has 1 atom stereocenters. The summed E-state index contributed by atoms with van der Waals surface area (Å²) in [5.41, 5.74) is 7.40. The molecule has 0 bridgehead atoms. The van der Waals surface area contributed by atoms with Crippen molar-refractivity contribution in [1.29, 1.82) is 0 Å². The highest BCUT2D eigenvalue weighted by Crippen LogP contribution is 2.35. The summed E-state index contributed by atoms with van der Waals surface area (Å²) in [7, 11) is -4.21. The molecule has 2 aromatic rings. The minimum Gasteiger partial charge on any atom is -0.508 e. The lowest BCUT2D eigenvalue weighted by Gasteiger charge is -2.35. The van der Waals surface area contributed by atoms with E-state index in [-0.39, 0.29) is 23.8 Å². The SMILES string of the molecule is NCCCCC1CN(Cc2ccccc2O)CCN(CP(=O)(O)O)CCN1Cc1ccccc1O. The van der Waals surface area contributed by atoms with Crippen LogP contribution in [-0.4, -0.2) is 86.3 Å². The van der Waals surface area contributed by atoms with Gasteiger partial charge in [0.15, 0.2) is 0 Å². The zero-order valence-electron chi connectivity index (χ0n) is 20.2. The molecule has 1 saturated heterocycles. The van der Waals surface area contributed by atoms with E-state index in [1.54, 1.807) is 24.3 Å². The van der Waals surface area contributed by atoms with Gasteiger partial charge >= 0.3 is 7.60 Å². The summed E-state index contributed by atoms with van der Waals surface area (Å²) in [4.78, 5) is 25.6. The molecule has 0 saturated carbocycles. The smallest absolute Gasteiger partial charge is 0.339 e. The van der Waals surface area contributed by atoms with Crippen molar-refractivity contribution in [3.63, 3.8) is 0 Å². The van der Waals surface area contributed by atoms with Gasteiger partial charge in [-0.05, 0) is 31.5 Å². The molecule has 9 nitrogen and oxygen atoms in total. The van der Waals surface area contributed by atoms with E-state index >= 15 is 0 Å². The lowest BCUT2D eigenvalue weighted by atomic mass is 10.0. The van der Waals surface area contributed by atoms with Gasteiger partial charge in [-0.25, -0.2) is 0 Å². The van der Waals surface area contributed by atoms with E-state index in [4.69, 9.17) is 5.73 Å². The predicted molar refractivity (Wildman–Crippen MR) is 137 cm³/mol. The molecule has 35 heavy (non-hydrogen) atoms. The Balaban J connectivity index is 1.88. The first-order chi connectivity index (χ1) is 16.7. The first-order valence-electron chi connectivity index (χ1n) is 12.2. The first-order valence-corrected chi connectivity index (χ1v) is 14.0. The largest absolute Gasteiger partial charge is 0.508 e. The molecular weight excluding hydrogens is 467 g/mol. The van der Waals surface area contributed by atoms with Crippen LogP contribution in [0.1, 0.15) is 30.4 Å². The molecule has 3 rings (SSSR count). The predicted octanol–water partition coefficient (Wildman–Crippen LogP) is 2.35. The molecule has 0 amide bonds. The van der Waals surface area contributed by atoms with Crippen LogP contribution in [0, 0.1) is 0 Å². The average molecular weight is 507 g/mol. The monoisotopic (exact) mass is 506 g/mol. The van der Waals surface area contributed by atoms with Crippen molar-refractivity contribution in [3.8, 4) is 11.5 Å². The number of nitrogens with two attached hydrogens (primary N) is 1. The number of phenolic OH excluding ortho intramolecular Hbond substituents is 2. The molecule has 1 heterocycles. The summed E-state index contributed by atoms with van der Waals surface area (Å²) in [5, 5.41) is 20.8. The van der Waals surface area contributed by atoms with Gasteiger partial charge in [-0.1, -0.05) is 42.8 Å². The van der Waals surface area contributed by atoms with Crippen LogP contribution in [0.15, 0.2) is 48.5 Å². The Morgan fingerprint density at radius 1 is 0.829 bits per heavy atom. The van der Waals surface area contributed by atoms with Gasteiger partial charge in [-0.15, -0.1) is 0 Å². The van der Waals surface area contributed by atoms with Crippen molar-refractivity contribution in [2.75, 3.05) is 45.6 Å². The second-order valence-electron chi connectivity index (χ2n) is 9.33. The first kappa shape index (κ1) is 27.6. The van der Waals surface area contributed by atoms with Gasteiger partial charge in [-0.3, -0.25) is 19.3 Å². The highest BCUT2D eigenvalue weighted by Gasteiger charge is 2.28. The van der Waals surface area contributed by atoms with Crippen molar-refractivity contribution >= 4 is 7.60 Å². The maximum absolute atomic E-state index is 11.8. The van der Waals surface area contributed by atoms with E-state index in [9.17, 15) is 24.6 Å². The van der Waals surface area contributed by atoms with Gasteiger partial charge in [0, 0.05) is 63.0 Å².